The third-order valence-corrected chi connectivity index (χ3v) is 4.70. The summed E-state index contributed by atoms with van der Waals surface area (Å²) in [5.74, 6) is 4.50. The van der Waals surface area contributed by atoms with Crippen LogP contribution in [0.2, 0.25) is 5.02 Å². The van der Waals surface area contributed by atoms with Crippen LogP contribution in [0, 0.1) is 0 Å². The molecule has 0 bridgehead atoms. The van der Waals surface area contributed by atoms with Crippen molar-refractivity contribution in [1.29, 1.82) is 0 Å². The maximum Gasteiger partial charge on any atom is 0.453 e. The number of benzene rings is 1. The van der Waals surface area contributed by atoms with Crippen LogP contribution in [-0.4, -0.2) is 26.5 Å². The quantitative estimate of drug-likeness (QED) is 0.459. The summed E-state index contributed by atoms with van der Waals surface area (Å²) in [7, 11) is 0. The lowest BCUT2D eigenvalue weighted by molar-refractivity contribution is -0.146. The number of alkyl halides is 3. The van der Waals surface area contributed by atoms with Gasteiger partial charge in [-0.1, -0.05) is 23.4 Å². The van der Waals surface area contributed by atoms with Gasteiger partial charge in [0.05, 0.1) is 12.3 Å². The number of carbonyl (C=O) groups excluding carboxylic acids is 1. The van der Waals surface area contributed by atoms with Gasteiger partial charge >= 0.3 is 6.18 Å². The monoisotopic (exact) mass is 431 g/mol. The van der Waals surface area contributed by atoms with E-state index in [1.54, 1.807) is 36.4 Å². The minimum atomic E-state index is -4.72. The van der Waals surface area contributed by atoms with Crippen molar-refractivity contribution in [2.75, 3.05) is 11.6 Å². The second kappa shape index (κ2) is 8.15. The first kappa shape index (κ1) is 20.1. The fraction of sp³-hybridized carbons (Fsp3) is 0.188. The second-order valence-corrected chi connectivity index (χ2v) is 6.89. The van der Waals surface area contributed by atoms with Crippen molar-refractivity contribution in [1.82, 2.24) is 20.2 Å². The molecule has 7 nitrogen and oxygen atoms in total. The maximum absolute atomic E-state index is 12.6. The molecule has 0 aliphatic heterocycles. The number of nitrogens with two attached hydrogens (primary N) is 1. The molecular weight excluding hydrogens is 419 g/mol. The van der Waals surface area contributed by atoms with Gasteiger partial charge in [0.1, 0.15) is 11.5 Å². The van der Waals surface area contributed by atoms with Crippen LogP contribution in [0.15, 0.2) is 46.0 Å². The van der Waals surface area contributed by atoms with Gasteiger partial charge in [-0.15, -0.1) is 10.2 Å². The number of nitrogen functional groups attached to an aromatic ring is 1. The molecule has 0 fully saturated rings. The molecule has 12 heteroatoms. The Balaban J connectivity index is 1.51. The number of nitrogens with zero attached hydrogens (tertiary/aromatic N) is 3. The number of aromatic nitrogens is 3. The molecule has 2 aromatic heterocycles. The van der Waals surface area contributed by atoms with Crippen LogP contribution in [0.5, 0.6) is 0 Å². The van der Waals surface area contributed by atoms with Crippen LogP contribution in [0.4, 0.5) is 13.2 Å². The van der Waals surface area contributed by atoms with Crippen LogP contribution >= 0.6 is 23.4 Å². The SMILES string of the molecule is Nn1c(SCC(=O)NCc2ccc(-c3ccc(Cl)cc3)o2)nnc1C(F)(F)F. The lowest BCUT2D eigenvalue weighted by Gasteiger charge is -2.06. The van der Waals surface area contributed by atoms with Crippen LogP contribution < -0.4 is 11.2 Å². The van der Waals surface area contributed by atoms with E-state index in [0.717, 1.165) is 17.3 Å². The highest BCUT2D eigenvalue weighted by Gasteiger charge is 2.38. The largest absolute Gasteiger partial charge is 0.459 e. The summed E-state index contributed by atoms with van der Waals surface area (Å²) in [4.78, 5) is 11.9. The summed E-state index contributed by atoms with van der Waals surface area (Å²) >= 11 is 6.58. The van der Waals surface area contributed by atoms with Crippen molar-refractivity contribution in [3.05, 3.63) is 53.0 Å². The van der Waals surface area contributed by atoms with Gasteiger partial charge in [-0.05, 0) is 36.4 Å². The summed E-state index contributed by atoms with van der Waals surface area (Å²) in [6, 6.07) is 10.5. The van der Waals surface area contributed by atoms with E-state index in [1.165, 1.54) is 0 Å². The summed E-state index contributed by atoms with van der Waals surface area (Å²) in [5, 5.41) is 9.32. The molecule has 1 aromatic carbocycles. The molecule has 0 radical (unpaired) electrons. The lowest BCUT2D eigenvalue weighted by Crippen LogP contribution is -2.25. The highest BCUT2D eigenvalue weighted by Crippen LogP contribution is 2.29. The van der Waals surface area contributed by atoms with Crippen molar-refractivity contribution >= 4 is 29.3 Å². The van der Waals surface area contributed by atoms with Gasteiger partial charge < -0.3 is 15.6 Å². The molecule has 148 valence electrons. The minimum Gasteiger partial charge on any atom is -0.459 e. The van der Waals surface area contributed by atoms with E-state index >= 15 is 0 Å². The fourth-order valence-corrected chi connectivity index (χ4v) is 2.99. The van der Waals surface area contributed by atoms with Crippen molar-refractivity contribution in [2.45, 2.75) is 17.9 Å². The van der Waals surface area contributed by atoms with E-state index in [0.29, 0.717) is 21.2 Å². The first-order valence-corrected chi connectivity index (χ1v) is 9.12. The maximum atomic E-state index is 12.6. The molecular formula is C16H13ClF3N5O2S. The van der Waals surface area contributed by atoms with E-state index in [2.05, 4.69) is 15.5 Å². The molecule has 28 heavy (non-hydrogen) atoms. The third kappa shape index (κ3) is 4.78. The zero-order valence-electron chi connectivity index (χ0n) is 14.0. The summed E-state index contributed by atoms with van der Waals surface area (Å²) in [6.07, 6.45) is -4.72. The molecule has 1 amide bonds. The molecule has 0 saturated heterocycles. The molecule has 0 spiro atoms. The molecule has 0 aliphatic rings. The number of rotatable bonds is 6. The smallest absolute Gasteiger partial charge is 0.453 e. The van der Waals surface area contributed by atoms with Gasteiger partial charge in [0.15, 0.2) is 0 Å². The summed E-state index contributed by atoms with van der Waals surface area (Å²) in [5.41, 5.74) is 0.834. The fourth-order valence-electron chi connectivity index (χ4n) is 2.18. The topological polar surface area (TPSA) is 99.0 Å². The average Bonchev–Trinajstić information content (AvgIpc) is 3.25. The Morgan fingerprint density at radius 2 is 1.93 bits per heavy atom. The second-order valence-electron chi connectivity index (χ2n) is 5.51. The van der Waals surface area contributed by atoms with Gasteiger partial charge in [-0.25, -0.2) is 4.68 Å². The predicted molar refractivity (Wildman–Crippen MR) is 96.9 cm³/mol. The third-order valence-electron chi connectivity index (χ3n) is 3.50. The van der Waals surface area contributed by atoms with Gasteiger partial charge in [-0.3, -0.25) is 4.79 Å². The zero-order valence-corrected chi connectivity index (χ0v) is 15.6. The Morgan fingerprint density at radius 3 is 2.57 bits per heavy atom. The number of hydrogen-bond acceptors (Lipinski definition) is 6. The molecule has 0 unspecified atom stereocenters. The molecule has 3 N–H and O–H groups in total. The lowest BCUT2D eigenvalue weighted by atomic mass is 10.2. The predicted octanol–water partition coefficient (Wildman–Crippen LogP) is 3.33. The number of halogens is 4. The van der Waals surface area contributed by atoms with Crippen LogP contribution in [0.3, 0.4) is 0 Å². The van der Waals surface area contributed by atoms with E-state index in [4.69, 9.17) is 21.9 Å². The van der Waals surface area contributed by atoms with Gasteiger partial charge in [0, 0.05) is 10.6 Å². The number of carbonyl (C=O) groups is 1. The highest BCUT2D eigenvalue weighted by atomic mass is 35.5. The average molecular weight is 432 g/mol. The summed E-state index contributed by atoms with van der Waals surface area (Å²) in [6.45, 7) is 0.121. The van der Waals surface area contributed by atoms with Crippen molar-refractivity contribution < 1.29 is 22.4 Å². The Kier molecular flexibility index (Phi) is 5.84. The Morgan fingerprint density at radius 1 is 1.21 bits per heavy atom. The zero-order chi connectivity index (χ0) is 20.3. The van der Waals surface area contributed by atoms with Crippen LogP contribution in [0.1, 0.15) is 11.6 Å². The van der Waals surface area contributed by atoms with E-state index in [9.17, 15) is 18.0 Å². The van der Waals surface area contributed by atoms with E-state index in [1.807, 2.05) is 0 Å². The Bertz CT molecular complexity index is 972. The highest BCUT2D eigenvalue weighted by molar-refractivity contribution is 7.99. The molecule has 0 aliphatic carbocycles. The Labute approximate surface area is 166 Å². The minimum absolute atomic E-state index is 0.121. The normalized spacial score (nSPS) is 11.6. The van der Waals surface area contributed by atoms with Crippen molar-refractivity contribution in [2.24, 2.45) is 0 Å². The number of furan rings is 1. The molecule has 2 heterocycles. The van der Waals surface area contributed by atoms with Gasteiger partial charge in [0.2, 0.25) is 11.1 Å². The first-order chi connectivity index (χ1) is 13.2. The van der Waals surface area contributed by atoms with Gasteiger partial charge in [-0.2, -0.15) is 13.2 Å². The number of nitrogens with one attached hydrogen (secondary N) is 1. The number of thioether (sulfide) groups is 1. The number of hydrogen-bond donors (Lipinski definition) is 2. The standard InChI is InChI=1S/C16H13ClF3N5O2S/c17-10-3-1-9(2-4-10)12-6-5-11(27-12)7-22-13(26)8-28-15-24-23-14(25(15)21)16(18,19)20/h1-6H,7-8,21H2,(H,22,26). The molecule has 0 saturated carbocycles. The van der Waals surface area contributed by atoms with Crippen LogP contribution in [-0.2, 0) is 17.5 Å². The summed E-state index contributed by atoms with van der Waals surface area (Å²) < 4.78 is 43.8. The van der Waals surface area contributed by atoms with Crippen molar-refractivity contribution in [3.63, 3.8) is 0 Å². The van der Waals surface area contributed by atoms with Gasteiger partial charge in [0.25, 0.3) is 5.82 Å². The Hall–Kier alpha value is -2.66. The van der Waals surface area contributed by atoms with E-state index < -0.39 is 17.9 Å². The van der Waals surface area contributed by atoms with Crippen molar-refractivity contribution in [3.8, 4) is 11.3 Å². The molecule has 3 rings (SSSR count). The number of amides is 1. The first-order valence-electron chi connectivity index (χ1n) is 7.76. The van der Waals surface area contributed by atoms with Crippen LogP contribution in [0.25, 0.3) is 11.3 Å². The molecule has 0 atom stereocenters. The van der Waals surface area contributed by atoms with E-state index in [-0.39, 0.29) is 17.5 Å². The molecule has 3 aromatic rings.